The number of nitro benzene ring substituents is 1. The third-order valence-electron chi connectivity index (χ3n) is 2.92. The molecular weight excluding hydrogens is 386 g/mol. The monoisotopic (exact) mass is 395 g/mol. The number of hydrogen-bond acceptors (Lipinski definition) is 4. The molecule has 0 aliphatic rings. The Kier molecular flexibility index (Phi) is 5.46. The zero-order valence-electron chi connectivity index (χ0n) is 11.9. The van der Waals surface area contributed by atoms with Gasteiger partial charge in [-0.25, -0.2) is 5.43 Å². The van der Waals surface area contributed by atoms with E-state index in [-0.39, 0.29) is 5.69 Å². The molecular formula is C15H11BrClN3O3. The first kappa shape index (κ1) is 17.1. The minimum atomic E-state index is -0.508. The van der Waals surface area contributed by atoms with Gasteiger partial charge in [0.15, 0.2) is 0 Å². The molecule has 0 atom stereocenters. The summed E-state index contributed by atoms with van der Waals surface area (Å²) in [5.74, 6) is -0.460. The summed E-state index contributed by atoms with van der Waals surface area (Å²) in [7, 11) is 0. The highest BCUT2D eigenvalue weighted by molar-refractivity contribution is 9.10. The van der Waals surface area contributed by atoms with Crippen molar-refractivity contribution in [1.29, 1.82) is 0 Å². The molecule has 0 spiro atoms. The van der Waals surface area contributed by atoms with Gasteiger partial charge in [-0.05, 0) is 46.6 Å². The molecule has 0 unspecified atom stereocenters. The predicted molar refractivity (Wildman–Crippen MR) is 92.0 cm³/mol. The summed E-state index contributed by atoms with van der Waals surface area (Å²) < 4.78 is 0.370. The number of nitrogens with one attached hydrogen (secondary N) is 1. The van der Waals surface area contributed by atoms with Gasteiger partial charge in [0.1, 0.15) is 0 Å². The van der Waals surface area contributed by atoms with Crippen molar-refractivity contribution < 1.29 is 9.72 Å². The first-order valence-electron chi connectivity index (χ1n) is 6.42. The van der Waals surface area contributed by atoms with Crippen LogP contribution < -0.4 is 5.43 Å². The third kappa shape index (κ3) is 4.37. The Morgan fingerprint density at radius 3 is 2.74 bits per heavy atom. The molecule has 0 heterocycles. The maximum Gasteiger partial charge on any atom is 0.284 e. The summed E-state index contributed by atoms with van der Waals surface area (Å²) in [5.41, 5.74) is 3.98. The molecule has 1 N–H and O–H groups in total. The van der Waals surface area contributed by atoms with Crippen LogP contribution in [0.25, 0.3) is 0 Å². The molecule has 0 aliphatic heterocycles. The topological polar surface area (TPSA) is 84.6 Å². The Labute approximate surface area is 145 Å². The van der Waals surface area contributed by atoms with Gasteiger partial charge in [-0.3, -0.25) is 14.9 Å². The first-order valence-corrected chi connectivity index (χ1v) is 7.59. The van der Waals surface area contributed by atoms with E-state index < -0.39 is 10.8 Å². The van der Waals surface area contributed by atoms with Gasteiger partial charge in [0.25, 0.3) is 11.6 Å². The van der Waals surface area contributed by atoms with E-state index in [1.54, 1.807) is 24.3 Å². The number of carbonyl (C=O) groups is 1. The summed E-state index contributed by atoms with van der Waals surface area (Å²) in [6, 6.07) is 9.57. The fourth-order valence-corrected chi connectivity index (χ4v) is 2.49. The second-order valence-corrected chi connectivity index (χ2v) is 5.91. The molecule has 2 rings (SSSR count). The number of nitrogens with zero attached hydrogens (tertiary/aromatic N) is 2. The second-order valence-electron chi connectivity index (χ2n) is 4.65. The van der Waals surface area contributed by atoms with Gasteiger partial charge < -0.3 is 0 Å². The standard InChI is InChI=1S/C15H11BrClN3O3/c1-9-2-4-11(13(17)6-9)15(21)19-18-8-10-3-5-12(16)14(7-10)20(22)23/h2-8H,1H3,(H,19,21)/b18-8-. The average molecular weight is 397 g/mol. The number of benzene rings is 2. The van der Waals surface area contributed by atoms with Crippen molar-refractivity contribution in [2.75, 3.05) is 0 Å². The normalized spacial score (nSPS) is 10.7. The molecule has 23 heavy (non-hydrogen) atoms. The van der Waals surface area contributed by atoms with Crippen LogP contribution in [0.3, 0.4) is 0 Å². The van der Waals surface area contributed by atoms with E-state index in [1.807, 2.05) is 6.92 Å². The van der Waals surface area contributed by atoms with Crippen LogP contribution in [-0.2, 0) is 0 Å². The predicted octanol–water partition coefficient (Wildman–Crippen LogP) is 4.08. The SMILES string of the molecule is Cc1ccc(C(=O)N/N=C\c2ccc(Br)c([N+](=O)[O-])c2)c(Cl)c1. The molecule has 0 radical (unpaired) electrons. The molecule has 0 bridgehead atoms. The van der Waals surface area contributed by atoms with Crippen molar-refractivity contribution in [3.8, 4) is 0 Å². The zero-order valence-corrected chi connectivity index (χ0v) is 14.3. The van der Waals surface area contributed by atoms with Gasteiger partial charge in [0, 0.05) is 11.6 Å². The minimum absolute atomic E-state index is 0.0816. The number of nitro groups is 1. The number of aryl methyl sites for hydroxylation is 1. The van der Waals surface area contributed by atoms with Crippen LogP contribution in [0.15, 0.2) is 46.0 Å². The Balaban J connectivity index is 2.11. The van der Waals surface area contributed by atoms with E-state index in [1.165, 1.54) is 18.3 Å². The lowest BCUT2D eigenvalue weighted by atomic mass is 10.1. The molecule has 0 aromatic heterocycles. The van der Waals surface area contributed by atoms with E-state index in [9.17, 15) is 14.9 Å². The third-order valence-corrected chi connectivity index (χ3v) is 3.90. The summed E-state index contributed by atoms with van der Waals surface area (Å²) >= 11 is 9.10. The van der Waals surface area contributed by atoms with Crippen molar-refractivity contribution in [2.24, 2.45) is 5.10 Å². The fourth-order valence-electron chi connectivity index (χ4n) is 1.78. The van der Waals surface area contributed by atoms with Gasteiger partial charge in [-0.15, -0.1) is 0 Å². The molecule has 2 aromatic rings. The van der Waals surface area contributed by atoms with Crippen LogP contribution in [0.5, 0.6) is 0 Å². The lowest BCUT2D eigenvalue weighted by Gasteiger charge is -2.03. The minimum Gasteiger partial charge on any atom is -0.267 e. The first-order chi connectivity index (χ1) is 10.9. The van der Waals surface area contributed by atoms with Crippen LogP contribution in [0.2, 0.25) is 5.02 Å². The fraction of sp³-hybridized carbons (Fsp3) is 0.0667. The molecule has 0 saturated carbocycles. The number of hydrogen-bond donors (Lipinski definition) is 1. The van der Waals surface area contributed by atoms with Crippen molar-refractivity contribution in [3.05, 3.63) is 72.7 Å². The lowest BCUT2D eigenvalue weighted by molar-refractivity contribution is -0.385. The number of amides is 1. The Morgan fingerprint density at radius 1 is 1.35 bits per heavy atom. The Bertz CT molecular complexity index is 809. The van der Waals surface area contributed by atoms with Gasteiger partial charge in [0.05, 0.1) is 26.2 Å². The highest BCUT2D eigenvalue weighted by Gasteiger charge is 2.12. The van der Waals surface area contributed by atoms with E-state index >= 15 is 0 Å². The summed E-state index contributed by atoms with van der Waals surface area (Å²) in [6.07, 6.45) is 1.32. The highest BCUT2D eigenvalue weighted by Crippen LogP contribution is 2.25. The van der Waals surface area contributed by atoms with Crippen LogP contribution in [0.4, 0.5) is 5.69 Å². The number of hydrazone groups is 1. The van der Waals surface area contributed by atoms with Gasteiger partial charge in [-0.1, -0.05) is 23.7 Å². The van der Waals surface area contributed by atoms with E-state index in [0.717, 1.165) is 5.56 Å². The van der Waals surface area contributed by atoms with E-state index in [4.69, 9.17) is 11.6 Å². The summed E-state index contributed by atoms with van der Waals surface area (Å²) in [4.78, 5) is 22.3. The number of rotatable bonds is 4. The summed E-state index contributed by atoms with van der Waals surface area (Å²) in [6.45, 7) is 1.87. The van der Waals surface area contributed by atoms with Crippen LogP contribution >= 0.6 is 27.5 Å². The van der Waals surface area contributed by atoms with Crippen LogP contribution in [0.1, 0.15) is 21.5 Å². The second kappa shape index (κ2) is 7.34. The smallest absolute Gasteiger partial charge is 0.267 e. The molecule has 6 nitrogen and oxygen atoms in total. The van der Waals surface area contributed by atoms with Crippen LogP contribution in [0, 0.1) is 17.0 Å². The molecule has 8 heteroatoms. The Hall–Kier alpha value is -2.25. The van der Waals surface area contributed by atoms with Crippen LogP contribution in [-0.4, -0.2) is 17.0 Å². The molecule has 118 valence electrons. The molecule has 0 saturated heterocycles. The molecule has 0 aliphatic carbocycles. The van der Waals surface area contributed by atoms with Gasteiger partial charge >= 0.3 is 0 Å². The molecule has 1 amide bonds. The maximum atomic E-state index is 12.0. The molecule has 2 aromatic carbocycles. The van der Waals surface area contributed by atoms with Gasteiger partial charge in [0.2, 0.25) is 0 Å². The average Bonchev–Trinajstić information content (AvgIpc) is 2.48. The highest BCUT2D eigenvalue weighted by atomic mass is 79.9. The zero-order chi connectivity index (χ0) is 17.0. The quantitative estimate of drug-likeness (QED) is 0.480. The lowest BCUT2D eigenvalue weighted by Crippen LogP contribution is -2.18. The largest absolute Gasteiger partial charge is 0.284 e. The number of carbonyl (C=O) groups excluding carboxylic acids is 1. The van der Waals surface area contributed by atoms with Crippen molar-refractivity contribution >= 4 is 45.3 Å². The number of halogens is 2. The van der Waals surface area contributed by atoms with Crippen molar-refractivity contribution in [3.63, 3.8) is 0 Å². The Morgan fingerprint density at radius 2 is 2.09 bits per heavy atom. The van der Waals surface area contributed by atoms with E-state index in [0.29, 0.717) is 20.6 Å². The van der Waals surface area contributed by atoms with Crippen molar-refractivity contribution in [1.82, 2.24) is 5.43 Å². The maximum absolute atomic E-state index is 12.0. The van der Waals surface area contributed by atoms with Gasteiger partial charge in [-0.2, -0.15) is 5.10 Å². The van der Waals surface area contributed by atoms with E-state index in [2.05, 4.69) is 26.5 Å². The summed E-state index contributed by atoms with van der Waals surface area (Å²) in [5, 5.41) is 15.0. The van der Waals surface area contributed by atoms with Crippen molar-refractivity contribution in [2.45, 2.75) is 6.92 Å². The molecule has 0 fully saturated rings.